The van der Waals surface area contributed by atoms with Crippen molar-refractivity contribution in [3.63, 3.8) is 0 Å². The van der Waals surface area contributed by atoms with E-state index in [0.717, 1.165) is 16.8 Å². The standard InChI is InChI=1S/C10H16OS4/c1-2-10(11)14-6-5-12-4-3-9-7-13-8-15-9/h2,9H,1,3-8H2. The highest BCUT2D eigenvalue weighted by Gasteiger charge is 2.14. The molecular formula is C10H16OS4. The third-order valence-electron chi connectivity index (χ3n) is 1.91. The van der Waals surface area contributed by atoms with Crippen molar-refractivity contribution in [2.75, 3.05) is 28.1 Å². The average Bonchev–Trinajstić information content (AvgIpc) is 2.75. The van der Waals surface area contributed by atoms with Gasteiger partial charge in [-0.1, -0.05) is 18.3 Å². The Kier molecular flexibility index (Phi) is 8.24. The van der Waals surface area contributed by atoms with Crippen LogP contribution in [0.3, 0.4) is 0 Å². The highest BCUT2D eigenvalue weighted by atomic mass is 32.2. The topological polar surface area (TPSA) is 17.1 Å². The molecule has 1 fully saturated rings. The summed E-state index contributed by atoms with van der Waals surface area (Å²) in [6.07, 6.45) is 2.71. The maximum absolute atomic E-state index is 10.9. The Morgan fingerprint density at radius 3 is 3.00 bits per heavy atom. The summed E-state index contributed by atoms with van der Waals surface area (Å²) in [6.45, 7) is 3.45. The molecule has 1 rings (SSSR count). The van der Waals surface area contributed by atoms with E-state index in [0.29, 0.717) is 0 Å². The van der Waals surface area contributed by atoms with Crippen molar-refractivity contribution in [2.45, 2.75) is 11.7 Å². The molecule has 0 spiro atoms. The van der Waals surface area contributed by atoms with E-state index >= 15 is 0 Å². The predicted molar refractivity (Wildman–Crippen MR) is 78.3 cm³/mol. The van der Waals surface area contributed by atoms with Crippen LogP contribution in [-0.4, -0.2) is 38.5 Å². The minimum atomic E-state index is 0.0957. The molecular weight excluding hydrogens is 264 g/mol. The van der Waals surface area contributed by atoms with Crippen LogP contribution < -0.4 is 0 Å². The molecule has 0 aromatic rings. The molecule has 0 aliphatic carbocycles. The van der Waals surface area contributed by atoms with E-state index < -0.39 is 0 Å². The predicted octanol–water partition coefficient (Wildman–Crippen LogP) is 3.36. The minimum Gasteiger partial charge on any atom is -0.282 e. The van der Waals surface area contributed by atoms with Crippen molar-refractivity contribution in [3.05, 3.63) is 12.7 Å². The van der Waals surface area contributed by atoms with Gasteiger partial charge in [0.1, 0.15) is 0 Å². The molecule has 1 atom stereocenters. The van der Waals surface area contributed by atoms with Crippen LogP contribution in [0.1, 0.15) is 6.42 Å². The van der Waals surface area contributed by atoms with Gasteiger partial charge in [0.15, 0.2) is 0 Å². The first kappa shape index (κ1) is 13.9. The number of carbonyl (C=O) groups excluding carboxylic acids is 1. The fourth-order valence-electron chi connectivity index (χ4n) is 1.12. The van der Waals surface area contributed by atoms with Gasteiger partial charge in [0.25, 0.3) is 0 Å². The van der Waals surface area contributed by atoms with Crippen LogP contribution in [0, 0.1) is 0 Å². The van der Waals surface area contributed by atoms with E-state index in [4.69, 9.17) is 0 Å². The number of hydrogen-bond acceptors (Lipinski definition) is 5. The lowest BCUT2D eigenvalue weighted by molar-refractivity contribution is -0.107. The van der Waals surface area contributed by atoms with Crippen LogP contribution in [0.25, 0.3) is 0 Å². The average molecular weight is 281 g/mol. The van der Waals surface area contributed by atoms with Crippen molar-refractivity contribution in [3.8, 4) is 0 Å². The minimum absolute atomic E-state index is 0.0957. The largest absolute Gasteiger partial charge is 0.282 e. The Bertz CT molecular complexity index is 202. The Morgan fingerprint density at radius 2 is 2.33 bits per heavy atom. The van der Waals surface area contributed by atoms with Crippen molar-refractivity contribution >= 4 is 52.2 Å². The molecule has 1 heterocycles. The third-order valence-corrected chi connectivity index (χ3v) is 6.98. The van der Waals surface area contributed by atoms with E-state index in [1.165, 1.54) is 40.8 Å². The lowest BCUT2D eigenvalue weighted by Crippen LogP contribution is -2.02. The summed E-state index contributed by atoms with van der Waals surface area (Å²) in [6, 6.07) is 0. The van der Waals surface area contributed by atoms with Crippen molar-refractivity contribution in [1.82, 2.24) is 0 Å². The van der Waals surface area contributed by atoms with Crippen molar-refractivity contribution < 1.29 is 4.79 Å². The first-order chi connectivity index (χ1) is 7.33. The summed E-state index contributed by atoms with van der Waals surface area (Å²) in [4.78, 5) is 10.9. The maximum Gasteiger partial charge on any atom is 0.211 e. The molecule has 0 N–H and O–H groups in total. The van der Waals surface area contributed by atoms with Gasteiger partial charge in [-0.15, -0.1) is 23.5 Å². The van der Waals surface area contributed by atoms with Crippen molar-refractivity contribution in [1.29, 1.82) is 0 Å². The van der Waals surface area contributed by atoms with Crippen LogP contribution in [0.2, 0.25) is 0 Å². The van der Waals surface area contributed by atoms with E-state index in [2.05, 4.69) is 30.1 Å². The zero-order chi connectivity index (χ0) is 10.9. The van der Waals surface area contributed by atoms with Gasteiger partial charge in [-0.25, -0.2) is 0 Å². The number of carbonyl (C=O) groups is 1. The summed E-state index contributed by atoms with van der Waals surface area (Å²) in [7, 11) is 0. The molecule has 5 heteroatoms. The quantitative estimate of drug-likeness (QED) is 0.524. The molecule has 1 saturated heterocycles. The van der Waals surface area contributed by atoms with Gasteiger partial charge >= 0.3 is 0 Å². The van der Waals surface area contributed by atoms with E-state index in [1.807, 2.05) is 11.8 Å². The Hall–Kier alpha value is 0.810. The van der Waals surface area contributed by atoms with E-state index in [9.17, 15) is 4.79 Å². The van der Waals surface area contributed by atoms with Gasteiger partial charge in [0, 0.05) is 27.6 Å². The summed E-state index contributed by atoms with van der Waals surface area (Å²) >= 11 is 7.48. The highest BCUT2D eigenvalue weighted by molar-refractivity contribution is 8.19. The Morgan fingerprint density at radius 1 is 1.47 bits per heavy atom. The maximum atomic E-state index is 10.9. The van der Waals surface area contributed by atoms with E-state index in [-0.39, 0.29) is 5.12 Å². The molecule has 1 unspecified atom stereocenters. The normalized spacial score (nSPS) is 20.4. The SMILES string of the molecule is C=CC(=O)SCCSCCC1CSCS1. The second kappa shape index (κ2) is 8.90. The molecule has 0 radical (unpaired) electrons. The molecule has 0 aromatic carbocycles. The molecule has 1 nitrogen and oxygen atoms in total. The Balaban J connectivity index is 1.84. The fraction of sp³-hybridized carbons (Fsp3) is 0.700. The fourth-order valence-corrected chi connectivity index (χ4v) is 5.97. The zero-order valence-electron chi connectivity index (χ0n) is 8.65. The molecule has 1 aliphatic rings. The first-order valence-corrected chi connectivity index (χ1v) is 9.23. The summed E-state index contributed by atoms with van der Waals surface area (Å²) < 4.78 is 0. The highest BCUT2D eigenvalue weighted by Crippen LogP contribution is 2.32. The smallest absolute Gasteiger partial charge is 0.211 e. The molecule has 15 heavy (non-hydrogen) atoms. The van der Waals surface area contributed by atoms with Gasteiger partial charge in [-0.2, -0.15) is 11.8 Å². The van der Waals surface area contributed by atoms with Gasteiger partial charge in [0.2, 0.25) is 5.12 Å². The molecule has 0 saturated carbocycles. The Labute approximate surface area is 109 Å². The van der Waals surface area contributed by atoms with Gasteiger partial charge < -0.3 is 0 Å². The van der Waals surface area contributed by atoms with Crippen LogP contribution in [0.4, 0.5) is 0 Å². The third kappa shape index (κ3) is 6.87. The lowest BCUT2D eigenvalue weighted by Gasteiger charge is -2.06. The second-order valence-electron chi connectivity index (χ2n) is 3.05. The number of rotatable bonds is 7. The molecule has 0 amide bonds. The van der Waals surface area contributed by atoms with Crippen LogP contribution in [0.15, 0.2) is 12.7 Å². The molecule has 1 aliphatic heterocycles. The number of hydrogen-bond donors (Lipinski definition) is 0. The number of thioether (sulfide) groups is 4. The van der Waals surface area contributed by atoms with Crippen LogP contribution in [-0.2, 0) is 4.79 Å². The van der Waals surface area contributed by atoms with Gasteiger partial charge in [-0.3, -0.25) is 4.79 Å². The zero-order valence-corrected chi connectivity index (χ0v) is 11.9. The summed E-state index contributed by atoms with van der Waals surface area (Å²) in [5.41, 5.74) is 0. The van der Waals surface area contributed by atoms with Crippen LogP contribution in [0.5, 0.6) is 0 Å². The molecule has 0 aromatic heterocycles. The summed E-state index contributed by atoms with van der Waals surface area (Å²) in [5.74, 6) is 4.56. The van der Waals surface area contributed by atoms with E-state index in [1.54, 1.807) is 0 Å². The van der Waals surface area contributed by atoms with Crippen LogP contribution >= 0.6 is 47.0 Å². The van der Waals surface area contributed by atoms with Gasteiger partial charge in [-0.05, 0) is 18.2 Å². The van der Waals surface area contributed by atoms with Gasteiger partial charge in [0.05, 0.1) is 0 Å². The second-order valence-corrected chi connectivity index (χ2v) is 8.06. The first-order valence-electron chi connectivity index (χ1n) is 4.89. The van der Waals surface area contributed by atoms with Crippen molar-refractivity contribution in [2.24, 2.45) is 0 Å². The lowest BCUT2D eigenvalue weighted by atomic mass is 10.4. The monoisotopic (exact) mass is 280 g/mol. The summed E-state index contributed by atoms with van der Waals surface area (Å²) in [5, 5.41) is 2.25. The molecule has 0 bridgehead atoms. The molecule has 86 valence electrons.